The van der Waals surface area contributed by atoms with Crippen LogP contribution in [0.25, 0.3) is 16.6 Å². The summed E-state index contributed by atoms with van der Waals surface area (Å²) < 4.78 is 48.7. The van der Waals surface area contributed by atoms with E-state index in [1.165, 1.54) is 6.08 Å². The van der Waals surface area contributed by atoms with E-state index in [0.717, 1.165) is 16.5 Å². The zero-order valence-electron chi connectivity index (χ0n) is 19.6. The number of nitrogens with one attached hydrogen (secondary N) is 2. The summed E-state index contributed by atoms with van der Waals surface area (Å²) >= 11 is 0. The molecular formula is C26H27F3N4O2. The number of amides is 1. The van der Waals surface area contributed by atoms with Crippen molar-refractivity contribution in [3.8, 4) is 5.75 Å². The van der Waals surface area contributed by atoms with Gasteiger partial charge in [0.1, 0.15) is 11.9 Å². The van der Waals surface area contributed by atoms with Crippen LogP contribution in [0.5, 0.6) is 5.75 Å². The van der Waals surface area contributed by atoms with E-state index < -0.39 is 30.3 Å². The summed E-state index contributed by atoms with van der Waals surface area (Å²) in [7, 11) is 0. The summed E-state index contributed by atoms with van der Waals surface area (Å²) in [6, 6.07) is 13.8. The Balaban J connectivity index is 1.66. The molecule has 0 bridgehead atoms. The van der Waals surface area contributed by atoms with Gasteiger partial charge in [-0.15, -0.1) is 0 Å². The summed E-state index contributed by atoms with van der Waals surface area (Å²) in [5.74, 6) is -4.57. The maximum absolute atomic E-state index is 13.7. The molecule has 3 aromatic rings. The monoisotopic (exact) mass is 484 g/mol. The highest BCUT2D eigenvalue weighted by Crippen LogP contribution is 2.31. The maximum atomic E-state index is 13.7. The molecule has 184 valence electrons. The lowest BCUT2D eigenvalue weighted by Crippen LogP contribution is -2.49. The van der Waals surface area contributed by atoms with Crippen molar-refractivity contribution in [1.29, 1.82) is 0 Å². The third kappa shape index (κ3) is 5.50. The number of nitrogens with zero attached hydrogens (tertiary/aromatic N) is 2. The zero-order chi connectivity index (χ0) is 25.2. The van der Waals surface area contributed by atoms with Crippen LogP contribution in [0, 0.1) is 5.92 Å². The van der Waals surface area contributed by atoms with Gasteiger partial charge >= 0.3 is 5.92 Å². The van der Waals surface area contributed by atoms with Crippen molar-refractivity contribution in [2.24, 2.45) is 5.92 Å². The average molecular weight is 485 g/mol. The van der Waals surface area contributed by atoms with Crippen molar-refractivity contribution in [3.63, 3.8) is 0 Å². The second kappa shape index (κ2) is 9.85. The van der Waals surface area contributed by atoms with Crippen molar-refractivity contribution < 1.29 is 22.7 Å². The molecule has 0 saturated carbocycles. The first kappa shape index (κ1) is 24.4. The van der Waals surface area contributed by atoms with Crippen LogP contribution in [0.4, 0.5) is 13.2 Å². The molecule has 2 heterocycles. The van der Waals surface area contributed by atoms with Crippen LogP contribution in [-0.2, 0) is 4.79 Å². The minimum Gasteiger partial charge on any atom is -0.484 e. The van der Waals surface area contributed by atoms with E-state index in [9.17, 15) is 18.0 Å². The molecule has 1 aliphatic heterocycles. The minimum absolute atomic E-state index is 0.199. The Morgan fingerprint density at radius 1 is 1.20 bits per heavy atom. The number of carbonyl (C=O) groups is 1. The molecule has 1 unspecified atom stereocenters. The molecule has 0 aliphatic carbocycles. The third-order valence-electron chi connectivity index (χ3n) is 5.74. The SMILES string of the molecule is CC(C)[C@H](NC(=O)C(C)(F)F)[C@H](Oc1ccc2c(cnn2C2=CNC(F)C=C2)c1)c1ccccc1. The molecule has 9 heteroatoms. The van der Waals surface area contributed by atoms with Crippen LogP contribution in [-0.4, -0.2) is 33.9 Å². The molecule has 3 atom stereocenters. The number of benzene rings is 2. The molecule has 1 amide bonds. The fourth-order valence-corrected chi connectivity index (χ4v) is 3.88. The molecule has 1 aliphatic rings. The Hall–Kier alpha value is -3.75. The number of allylic oxidation sites excluding steroid dienone is 2. The molecular weight excluding hydrogens is 457 g/mol. The summed E-state index contributed by atoms with van der Waals surface area (Å²) in [6.45, 7) is 4.25. The lowest BCUT2D eigenvalue weighted by molar-refractivity contribution is -0.145. The Kier molecular flexibility index (Phi) is 6.86. The number of ether oxygens (including phenoxy) is 1. The summed E-state index contributed by atoms with van der Waals surface area (Å²) in [4.78, 5) is 12.1. The highest BCUT2D eigenvalue weighted by Gasteiger charge is 2.37. The van der Waals surface area contributed by atoms with Gasteiger partial charge in [0.15, 0.2) is 6.30 Å². The maximum Gasteiger partial charge on any atom is 0.321 e. The molecule has 0 spiro atoms. The van der Waals surface area contributed by atoms with Gasteiger partial charge in [0.05, 0.1) is 23.5 Å². The van der Waals surface area contributed by atoms with Crippen LogP contribution < -0.4 is 15.4 Å². The molecule has 2 N–H and O–H groups in total. The van der Waals surface area contributed by atoms with E-state index in [2.05, 4.69) is 15.7 Å². The smallest absolute Gasteiger partial charge is 0.321 e. The normalized spacial score (nSPS) is 17.6. The van der Waals surface area contributed by atoms with Gasteiger partial charge in [-0.2, -0.15) is 13.9 Å². The van der Waals surface area contributed by atoms with Crippen LogP contribution in [0.2, 0.25) is 0 Å². The Labute approximate surface area is 201 Å². The first-order chi connectivity index (χ1) is 16.6. The van der Waals surface area contributed by atoms with Gasteiger partial charge in [0.2, 0.25) is 0 Å². The van der Waals surface area contributed by atoms with Gasteiger partial charge in [-0.1, -0.05) is 44.2 Å². The number of hydrogen-bond acceptors (Lipinski definition) is 4. The summed E-state index contributed by atoms with van der Waals surface area (Å²) in [5.41, 5.74) is 2.20. The number of alkyl halides is 3. The van der Waals surface area contributed by atoms with E-state index in [4.69, 9.17) is 4.74 Å². The molecule has 2 aromatic carbocycles. The molecule has 0 fully saturated rings. The van der Waals surface area contributed by atoms with Gasteiger partial charge in [0, 0.05) is 18.5 Å². The van der Waals surface area contributed by atoms with Crippen molar-refractivity contribution >= 4 is 22.5 Å². The van der Waals surface area contributed by atoms with Crippen LogP contribution in [0.3, 0.4) is 0 Å². The number of rotatable bonds is 8. The third-order valence-corrected chi connectivity index (χ3v) is 5.74. The Bertz CT molecular complexity index is 1250. The lowest BCUT2D eigenvalue weighted by atomic mass is 9.92. The van der Waals surface area contributed by atoms with Crippen molar-refractivity contribution in [1.82, 2.24) is 20.4 Å². The number of halogens is 3. The molecule has 0 radical (unpaired) electrons. The van der Waals surface area contributed by atoms with E-state index in [0.29, 0.717) is 18.4 Å². The van der Waals surface area contributed by atoms with E-state index in [1.54, 1.807) is 35.3 Å². The topological polar surface area (TPSA) is 68.2 Å². The quantitative estimate of drug-likeness (QED) is 0.431. The molecule has 35 heavy (non-hydrogen) atoms. The van der Waals surface area contributed by atoms with Crippen LogP contribution in [0.1, 0.15) is 32.4 Å². The highest BCUT2D eigenvalue weighted by molar-refractivity contribution is 5.84. The van der Waals surface area contributed by atoms with E-state index >= 15 is 0 Å². The number of dihydropyridines is 1. The zero-order valence-corrected chi connectivity index (χ0v) is 19.6. The minimum atomic E-state index is -3.51. The second-order valence-corrected chi connectivity index (χ2v) is 8.85. The highest BCUT2D eigenvalue weighted by atomic mass is 19.3. The second-order valence-electron chi connectivity index (χ2n) is 8.85. The number of hydrogen-bond donors (Lipinski definition) is 2. The number of aromatic nitrogens is 2. The summed E-state index contributed by atoms with van der Waals surface area (Å²) in [5, 5.41) is 10.2. The number of fused-ring (bicyclic) bond motifs is 1. The molecule has 1 aromatic heterocycles. The van der Waals surface area contributed by atoms with Crippen LogP contribution >= 0.6 is 0 Å². The van der Waals surface area contributed by atoms with Crippen molar-refractivity contribution in [3.05, 3.63) is 78.6 Å². The van der Waals surface area contributed by atoms with E-state index in [1.807, 2.05) is 50.2 Å². The predicted octanol–water partition coefficient (Wildman–Crippen LogP) is 5.21. The first-order valence-corrected chi connectivity index (χ1v) is 11.3. The predicted molar refractivity (Wildman–Crippen MR) is 128 cm³/mol. The Morgan fingerprint density at radius 2 is 1.94 bits per heavy atom. The molecule has 0 saturated heterocycles. The van der Waals surface area contributed by atoms with E-state index in [-0.39, 0.29) is 5.92 Å². The first-order valence-electron chi connectivity index (χ1n) is 11.3. The number of carbonyl (C=O) groups excluding carboxylic acids is 1. The van der Waals surface area contributed by atoms with Gasteiger partial charge in [-0.25, -0.2) is 9.07 Å². The van der Waals surface area contributed by atoms with Gasteiger partial charge in [-0.05, 0) is 41.8 Å². The lowest BCUT2D eigenvalue weighted by Gasteiger charge is -2.32. The van der Waals surface area contributed by atoms with Crippen LogP contribution in [0.15, 0.2) is 73.1 Å². The van der Waals surface area contributed by atoms with Gasteiger partial charge in [-0.3, -0.25) is 4.79 Å². The van der Waals surface area contributed by atoms with Gasteiger partial charge in [0.25, 0.3) is 5.91 Å². The van der Waals surface area contributed by atoms with Gasteiger partial charge < -0.3 is 15.4 Å². The Morgan fingerprint density at radius 3 is 2.57 bits per heavy atom. The summed E-state index contributed by atoms with van der Waals surface area (Å²) in [6.07, 6.45) is 4.29. The average Bonchev–Trinajstić information content (AvgIpc) is 3.24. The van der Waals surface area contributed by atoms with Crippen molar-refractivity contribution in [2.75, 3.05) is 0 Å². The largest absolute Gasteiger partial charge is 0.484 e. The van der Waals surface area contributed by atoms with Crippen molar-refractivity contribution in [2.45, 2.75) is 45.1 Å². The molecule has 6 nitrogen and oxygen atoms in total. The fraction of sp³-hybridized carbons (Fsp3) is 0.308. The molecule has 4 rings (SSSR count). The fourth-order valence-electron chi connectivity index (χ4n) is 3.88. The standard InChI is InChI=1S/C26H27F3N4O2/c1-16(2)23(32-25(34)26(3,28)29)24(17-7-5-4-6-8-17)35-20-10-11-21-18(13-20)14-31-33(21)19-9-12-22(27)30-15-19/h4-16,22-24,30H,1-3H3,(H,32,34)/t22?,23-,24+/m0/s1.